The fraction of sp³-hybridized carbons (Fsp3) is 0.333. The minimum atomic E-state index is -0.221. The predicted molar refractivity (Wildman–Crippen MR) is 155 cm³/mol. The van der Waals surface area contributed by atoms with Gasteiger partial charge in [0, 0.05) is 45.2 Å². The number of benzene rings is 1. The molecule has 198 valence electrons. The number of piperazine rings is 1. The molecule has 0 aliphatic carbocycles. The third kappa shape index (κ3) is 5.01. The van der Waals surface area contributed by atoms with E-state index in [1.807, 2.05) is 31.2 Å². The number of carbonyl (C=O) groups excluding carboxylic acids is 1. The summed E-state index contributed by atoms with van der Waals surface area (Å²) >= 11 is 6.63. The van der Waals surface area contributed by atoms with Crippen LogP contribution in [0.3, 0.4) is 0 Å². The van der Waals surface area contributed by atoms with Crippen LogP contribution in [0.5, 0.6) is 5.75 Å². The van der Waals surface area contributed by atoms with Crippen molar-refractivity contribution in [2.75, 3.05) is 63.4 Å². The van der Waals surface area contributed by atoms with Gasteiger partial charge < -0.3 is 19.3 Å². The Morgan fingerprint density at radius 3 is 2.45 bits per heavy atom. The van der Waals surface area contributed by atoms with E-state index in [1.54, 1.807) is 30.9 Å². The third-order valence-corrected chi connectivity index (χ3v) is 8.13. The van der Waals surface area contributed by atoms with Crippen LogP contribution in [0, 0.1) is 6.92 Å². The molecule has 3 aromatic rings. The molecule has 2 saturated heterocycles. The fourth-order valence-corrected chi connectivity index (χ4v) is 5.93. The Hall–Kier alpha value is -3.41. The lowest BCUT2D eigenvalue weighted by atomic mass is 10.2. The van der Waals surface area contributed by atoms with E-state index in [1.165, 1.54) is 16.7 Å². The normalized spacial score (nSPS) is 17.2. The molecule has 1 amide bonds. The van der Waals surface area contributed by atoms with Crippen molar-refractivity contribution in [1.82, 2.24) is 14.3 Å². The number of aryl methyl sites for hydroxylation is 1. The zero-order chi connectivity index (χ0) is 26.8. The number of methoxy groups -OCH3 is 2. The average molecular weight is 552 g/mol. The smallest absolute Gasteiger partial charge is 0.267 e. The van der Waals surface area contributed by atoms with E-state index in [4.69, 9.17) is 26.7 Å². The van der Waals surface area contributed by atoms with Crippen LogP contribution >= 0.6 is 24.0 Å². The van der Waals surface area contributed by atoms with E-state index in [0.717, 1.165) is 30.1 Å². The van der Waals surface area contributed by atoms with Gasteiger partial charge in [0.05, 0.1) is 30.7 Å². The van der Waals surface area contributed by atoms with Gasteiger partial charge in [-0.05, 0) is 48.9 Å². The largest absolute Gasteiger partial charge is 0.497 e. The number of hydrogen-bond donors (Lipinski definition) is 0. The molecule has 2 aliphatic heterocycles. The molecule has 4 heterocycles. The van der Waals surface area contributed by atoms with Gasteiger partial charge in [0.1, 0.15) is 21.5 Å². The Bertz CT molecular complexity index is 1460. The number of fused-ring (bicyclic) bond motifs is 1. The average Bonchev–Trinajstić information content (AvgIpc) is 3.21. The number of ether oxygens (including phenoxy) is 2. The maximum absolute atomic E-state index is 13.8. The van der Waals surface area contributed by atoms with Gasteiger partial charge in [0.15, 0.2) is 0 Å². The predicted octanol–water partition coefficient (Wildman–Crippen LogP) is 3.19. The zero-order valence-electron chi connectivity index (χ0n) is 21.5. The number of nitrogens with zero attached hydrogens (tertiary/aromatic N) is 5. The highest BCUT2D eigenvalue weighted by molar-refractivity contribution is 8.26. The van der Waals surface area contributed by atoms with Crippen LogP contribution in [0.4, 0.5) is 11.5 Å². The van der Waals surface area contributed by atoms with Gasteiger partial charge in [-0.3, -0.25) is 18.9 Å². The number of rotatable bonds is 7. The quantitative estimate of drug-likeness (QED) is 0.325. The van der Waals surface area contributed by atoms with Crippen molar-refractivity contribution < 1.29 is 14.3 Å². The molecule has 9 nitrogen and oxygen atoms in total. The minimum Gasteiger partial charge on any atom is -0.497 e. The van der Waals surface area contributed by atoms with E-state index in [9.17, 15) is 9.59 Å². The summed E-state index contributed by atoms with van der Waals surface area (Å²) in [5.41, 5.74) is 2.80. The van der Waals surface area contributed by atoms with Crippen molar-refractivity contribution in [3.63, 3.8) is 0 Å². The maximum atomic E-state index is 13.8. The number of aromatic nitrogens is 2. The van der Waals surface area contributed by atoms with E-state index in [0.29, 0.717) is 52.5 Å². The SMILES string of the molecule is COCCN1C(=O)C(=Cc2c(N3CCN(c4ccc(OC)cc4)CC3)nc3c(C)cccn3c2=O)SC1=S. The molecule has 11 heteroatoms. The van der Waals surface area contributed by atoms with Crippen molar-refractivity contribution >= 4 is 57.4 Å². The molecule has 2 aromatic heterocycles. The van der Waals surface area contributed by atoms with Gasteiger partial charge in [0.25, 0.3) is 11.5 Å². The molecule has 1 aromatic carbocycles. The van der Waals surface area contributed by atoms with Crippen LogP contribution in [0.25, 0.3) is 11.7 Å². The standard InChI is InChI=1S/C27H29N5O4S2/c1-18-5-4-10-31-23(18)28-24(30-13-11-29(12-14-30)19-6-8-20(36-3)9-7-19)21(25(31)33)17-22-26(34)32(15-16-35-2)27(37)38-22/h4-10,17H,11-16H2,1-3H3. The molecule has 0 atom stereocenters. The first-order valence-corrected chi connectivity index (χ1v) is 13.5. The Morgan fingerprint density at radius 2 is 1.76 bits per heavy atom. The number of thiocarbonyl (C=S) groups is 1. The van der Waals surface area contributed by atoms with E-state index < -0.39 is 0 Å². The van der Waals surface area contributed by atoms with Gasteiger partial charge in [-0.25, -0.2) is 4.98 Å². The second-order valence-electron chi connectivity index (χ2n) is 9.04. The highest BCUT2D eigenvalue weighted by Gasteiger charge is 2.33. The summed E-state index contributed by atoms with van der Waals surface area (Å²) in [5, 5.41) is 0. The Kier molecular flexibility index (Phi) is 7.68. The van der Waals surface area contributed by atoms with Crippen molar-refractivity contribution in [3.8, 4) is 5.75 Å². The summed E-state index contributed by atoms with van der Waals surface area (Å²) in [4.78, 5) is 38.2. The molecule has 0 radical (unpaired) electrons. The summed E-state index contributed by atoms with van der Waals surface area (Å²) in [6.07, 6.45) is 3.37. The van der Waals surface area contributed by atoms with Crippen molar-refractivity contribution in [1.29, 1.82) is 0 Å². The second kappa shape index (κ2) is 11.1. The summed E-state index contributed by atoms with van der Waals surface area (Å²) in [6, 6.07) is 11.8. The van der Waals surface area contributed by atoms with Crippen LogP contribution in [-0.4, -0.2) is 78.1 Å². The first-order valence-electron chi connectivity index (χ1n) is 12.3. The molecular weight excluding hydrogens is 522 g/mol. The molecule has 0 saturated carbocycles. The van der Waals surface area contributed by atoms with E-state index >= 15 is 0 Å². The zero-order valence-corrected chi connectivity index (χ0v) is 23.2. The Labute approximate surface area is 230 Å². The van der Waals surface area contributed by atoms with Gasteiger partial charge >= 0.3 is 0 Å². The molecule has 2 aliphatic rings. The Balaban J connectivity index is 1.50. The number of pyridine rings is 1. The maximum Gasteiger partial charge on any atom is 0.267 e. The van der Waals surface area contributed by atoms with Crippen LogP contribution in [0.1, 0.15) is 11.1 Å². The Morgan fingerprint density at radius 1 is 1.05 bits per heavy atom. The number of thioether (sulfide) groups is 1. The van der Waals surface area contributed by atoms with Crippen molar-refractivity contribution in [2.45, 2.75) is 6.92 Å². The topological polar surface area (TPSA) is 79.6 Å². The minimum absolute atomic E-state index is 0.214. The fourth-order valence-electron chi connectivity index (χ4n) is 4.64. The molecule has 0 N–H and O–H groups in total. The molecule has 0 unspecified atom stereocenters. The van der Waals surface area contributed by atoms with Crippen LogP contribution in [-0.2, 0) is 9.53 Å². The van der Waals surface area contributed by atoms with E-state index in [2.05, 4.69) is 21.9 Å². The van der Waals surface area contributed by atoms with Gasteiger partial charge in [0.2, 0.25) is 0 Å². The summed E-state index contributed by atoms with van der Waals surface area (Å²) in [7, 11) is 3.24. The molecule has 0 bridgehead atoms. The van der Waals surface area contributed by atoms with Crippen LogP contribution in [0.15, 0.2) is 52.3 Å². The molecule has 2 fully saturated rings. The molecule has 5 rings (SSSR count). The summed E-state index contributed by atoms with van der Waals surface area (Å²) in [5.74, 6) is 1.18. The van der Waals surface area contributed by atoms with Gasteiger partial charge in [-0.1, -0.05) is 30.0 Å². The molecule has 38 heavy (non-hydrogen) atoms. The number of carbonyl (C=O) groups is 1. The number of amides is 1. The highest BCUT2D eigenvalue weighted by atomic mass is 32.2. The summed E-state index contributed by atoms with van der Waals surface area (Å²) < 4.78 is 12.4. The third-order valence-electron chi connectivity index (χ3n) is 6.75. The molecule has 0 spiro atoms. The summed E-state index contributed by atoms with van der Waals surface area (Å²) in [6.45, 7) is 5.56. The lowest BCUT2D eigenvalue weighted by Gasteiger charge is -2.37. The highest BCUT2D eigenvalue weighted by Crippen LogP contribution is 2.34. The van der Waals surface area contributed by atoms with Crippen molar-refractivity contribution in [3.05, 3.63) is 69.0 Å². The van der Waals surface area contributed by atoms with E-state index in [-0.39, 0.29) is 11.5 Å². The first kappa shape index (κ1) is 26.2. The van der Waals surface area contributed by atoms with Crippen LogP contribution < -0.4 is 20.1 Å². The second-order valence-corrected chi connectivity index (χ2v) is 10.7. The van der Waals surface area contributed by atoms with Gasteiger partial charge in [-0.15, -0.1) is 0 Å². The lowest BCUT2D eigenvalue weighted by Crippen LogP contribution is -2.47. The van der Waals surface area contributed by atoms with Crippen LogP contribution in [0.2, 0.25) is 0 Å². The first-order chi connectivity index (χ1) is 18.4. The number of hydrogen-bond acceptors (Lipinski definition) is 9. The lowest BCUT2D eigenvalue weighted by molar-refractivity contribution is -0.122. The van der Waals surface area contributed by atoms with Gasteiger partial charge in [-0.2, -0.15) is 0 Å². The monoisotopic (exact) mass is 551 g/mol. The van der Waals surface area contributed by atoms with Crippen molar-refractivity contribution in [2.24, 2.45) is 0 Å². The molecular formula is C27H29N5O4S2. The number of anilines is 2.